The van der Waals surface area contributed by atoms with Crippen LogP contribution in [0.2, 0.25) is 0 Å². The van der Waals surface area contributed by atoms with Crippen molar-refractivity contribution >= 4 is 41.8 Å². The van der Waals surface area contributed by atoms with Crippen molar-refractivity contribution in [2.45, 2.75) is 45.6 Å². The van der Waals surface area contributed by atoms with Crippen LogP contribution in [0.1, 0.15) is 39.5 Å². The van der Waals surface area contributed by atoms with E-state index in [4.69, 9.17) is 0 Å². The number of hydrogen-bond donors (Lipinski definition) is 2. The lowest BCUT2D eigenvalue weighted by molar-refractivity contribution is -0.140. The highest BCUT2D eigenvalue weighted by atomic mass is 127. The van der Waals surface area contributed by atoms with Gasteiger partial charge in [0.1, 0.15) is 0 Å². The van der Waals surface area contributed by atoms with E-state index >= 15 is 0 Å². The van der Waals surface area contributed by atoms with Crippen LogP contribution in [-0.4, -0.2) is 74.4 Å². The molecule has 1 aliphatic heterocycles. The highest BCUT2D eigenvalue weighted by molar-refractivity contribution is 14.0. The van der Waals surface area contributed by atoms with Crippen LogP contribution in [0.5, 0.6) is 0 Å². The molecule has 2 amide bonds. The molecule has 5 atom stereocenters. The smallest absolute Gasteiger partial charge is 0.233 e. The number of likely N-dealkylation sites (tertiary alicyclic amines) is 1. The molecule has 0 radical (unpaired) electrons. The van der Waals surface area contributed by atoms with Crippen LogP contribution in [0.15, 0.2) is 17.1 Å². The first-order chi connectivity index (χ1) is 14.4. The summed E-state index contributed by atoms with van der Waals surface area (Å²) in [6.07, 6.45) is 8.30. The topological polar surface area (TPSA) is 77.0 Å². The van der Waals surface area contributed by atoms with Crippen LogP contribution < -0.4 is 10.6 Å². The van der Waals surface area contributed by atoms with Gasteiger partial charge in [-0.25, -0.2) is 0 Å². The number of fused-ring (bicyclic) bond motifs is 5. The molecule has 31 heavy (non-hydrogen) atoms. The fraction of sp³-hybridized carbons (Fsp3) is 0.783. The summed E-state index contributed by atoms with van der Waals surface area (Å²) in [5.41, 5.74) is 0. The molecule has 2 fully saturated rings. The first-order valence-corrected chi connectivity index (χ1v) is 11.6. The molecule has 3 rings (SSSR count). The standard InChI is InChI=1S/C23H39N5O2.HI/c1-6-15(7-2)18(27(4)5)14-26-23(24-3)25-11-8-12-28-21(29)19-16-9-10-17(13-16)20(19)22(28)30;/h9-10,15-20H,6-8,11-14H2,1-5H3,(H2,24,25,26);1H. The summed E-state index contributed by atoms with van der Waals surface area (Å²) >= 11 is 0. The van der Waals surface area contributed by atoms with Crippen molar-refractivity contribution in [2.24, 2.45) is 34.6 Å². The highest BCUT2D eigenvalue weighted by Crippen LogP contribution is 2.52. The molecule has 2 aliphatic carbocycles. The molecular formula is C23H40IN5O2. The molecule has 176 valence electrons. The van der Waals surface area contributed by atoms with Gasteiger partial charge in [0, 0.05) is 32.7 Å². The Hall–Kier alpha value is -1.16. The predicted octanol–water partition coefficient (Wildman–Crippen LogP) is 2.33. The van der Waals surface area contributed by atoms with Crippen molar-refractivity contribution in [2.75, 3.05) is 40.8 Å². The zero-order valence-electron chi connectivity index (χ0n) is 19.6. The normalized spacial score (nSPS) is 27.8. The molecule has 8 heteroatoms. The largest absolute Gasteiger partial charge is 0.356 e. The monoisotopic (exact) mass is 545 g/mol. The number of rotatable bonds is 10. The van der Waals surface area contributed by atoms with E-state index in [9.17, 15) is 9.59 Å². The van der Waals surface area contributed by atoms with Crippen LogP contribution in [-0.2, 0) is 9.59 Å². The van der Waals surface area contributed by atoms with E-state index in [0.29, 0.717) is 25.0 Å². The third kappa shape index (κ3) is 5.43. The van der Waals surface area contributed by atoms with Crippen molar-refractivity contribution in [3.63, 3.8) is 0 Å². The Balaban J connectivity index is 0.00000341. The Bertz CT molecular complexity index is 661. The van der Waals surface area contributed by atoms with Crippen LogP contribution in [0.25, 0.3) is 0 Å². The van der Waals surface area contributed by atoms with Gasteiger partial charge in [-0.05, 0) is 44.7 Å². The average Bonchev–Trinajstić information content (AvgIpc) is 3.41. The Kier molecular flexibility index (Phi) is 9.79. The fourth-order valence-corrected chi connectivity index (χ4v) is 5.65. The first-order valence-electron chi connectivity index (χ1n) is 11.6. The maximum atomic E-state index is 12.7. The first kappa shape index (κ1) is 26.1. The zero-order valence-corrected chi connectivity index (χ0v) is 22.0. The van der Waals surface area contributed by atoms with Gasteiger partial charge in [-0.15, -0.1) is 24.0 Å². The zero-order chi connectivity index (χ0) is 21.8. The molecule has 2 N–H and O–H groups in total. The molecule has 5 unspecified atom stereocenters. The number of aliphatic imine (C=N–C) groups is 1. The van der Waals surface area contributed by atoms with Gasteiger partial charge in [-0.2, -0.15) is 0 Å². The molecule has 0 aromatic carbocycles. The third-order valence-electron chi connectivity index (χ3n) is 7.37. The molecular weight excluding hydrogens is 505 g/mol. The number of hydrogen-bond acceptors (Lipinski definition) is 4. The third-order valence-corrected chi connectivity index (χ3v) is 7.37. The Morgan fingerprint density at radius 1 is 1.13 bits per heavy atom. The minimum absolute atomic E-state index is 0. The lowest BCUT2D eigenvalue weighted by Crippen LogP contribution is -2.48. The van der Waals surface area contributed by atoms with Crippen molar-refractivity contribution in [1.82, 2.24) is 20.4 Å². The summed E-state index contributed by atoms with van der Waals surface area (Å²) in [4.78, 5) is 33.6. The predicted molar refractivity (Wildman–Crippen MR) is 135 cm³/mol. The van der Waals surface area contributed by atoms with E-state index in [0.717, 1.165) is 38.2 Å². The molecule has 1 saturated carbocycles. The molecule has 1 saturated heterocycles. The number of likely N-dealkylation sites (N-methyl/N-ethyl adjacent to an activating group) is 1. The number of halogens is 1. The van der Waals surface area contributed by atoms with E-state index in [2.05, 4.69) is 60.6 Å². The van der Waals surface area contributed by atoms with Crippen LogP contribution in [0.4, 0.5) is 0 Å². The summed E-state index contributed by atoms with van der Waals surface area (Å²) in [6.45, 7) is 6.49. The Labute approximate surface area is 204 Å². The minimum Gasteiger partial charge on any atom is -0.356 e. The van der Waals surface area contributed by atoms with Crippen LogP contribution in [0, 0.1) is 29.6 Å². The maximum Gasteiger partial charge on any atom is 0.233 e. The van der Waals surface area contributed by atoms with Crippen molar-refractivity contribution < 1.29 is 9.59 Å². The summed E-state index contributed by atoms with van der Waals surface area (Å²) in [5, 5.41) is 6.77. The van der Waals surface area contributed by atoms with Gasteiger partial charge in [0.15, 0.2) is 5.96 Å². The fourth-order valence-electron chi connectivity index (χ4n) is 5.65. The van der Waals surface area contributed by atoms with E-state index < -0.39 is 0 Å². The number of allylic oxidation sites excluding steroid dienone is 2. The van der Waals surface area contributed by atoms with Crippen molar-refractivity contribution in [3.8, 4) is 0 Å². The van der Waals surface area contributed by atoms with Crippen LogP contribution >= 0.6 is 24.0 Å². The average molecular weight is 546 g/mol. The number of amides is 2. The quantitative estimate of drug-likeness (QED) is 0.110. The van der Waals surface area contributed by atoms with Gasteiger partial charge in [-0.1, -0.05) is 38.8 Å². The molecule has 1 heterocycles. The number of imide groups is 1. The van der Waals surface area contributed by atoms with E-state index in [1.54, 1.807) is 7.05 Å². The van der Waals surface area contributed by atoms with E-state index in [1.807, 2.05) is 0 Å². The molecule has 2 bridgehead atoms. The van der Waals surface area contributed by atoms with Gasteiger partial charge < -0.3 is 15.5 Å². The Morgan fingerprint density at radius 2 is 1.71 bits per heavy atom. The van der Waals surface area contributed by atoms with Gasteiger partial charge in [0.25, 0.3) is 0 Å². The number of carbonyl (C=O) groups is 2. The number of nitrogens with zero attached hydrogens (tertiary/aromatic N) is 3. The van der Waals surface area contributed by atoms with E-state index in [1.165, 1.54) is 4.90 Å². The van der Waals surface area contributed by atoms with Crippen molar-refractivity contribution in [1.29, 1.82) is 0 Å². The van der Waals surface area contributed by atoms with Crippen molar-refractivity contribution in [3.05, 3.63) is 12.2 Å². The van der Waals surface area contributed by atoms with Crippen LogP contribution in [0.3, 0.4) is 0 Å². The maximum absolute atomic E-state index is 12.7. The molecule has 0 spiro atoms. The summed E-state index contributed by atoms with van der Waals surface area (Å²) < 4.78 is 0. The van der Waals surface area contributed by atoms with Gasteiger partial charge in [0.05, 0.1) is 11.8 Å². The Morgan fingerprint density at radius 3 is 2.19 bits per heavy atom. The number of carbonyl (C=O) groups excluding carboxylic acids is 2. The second-order valence-electron chi connectivity index (χ2n) is 9.17. The van der Waals surface area contributed by atoms with Gasteiger partial charge >= 0.3 is 0 Å². The second kappa shape index (κ2) is 11.6. The lowest BCUT2D eigenvalue weighted by atomic mass is 9.85. The molecule has 0 aromatic heterocycles. The summed E-state index contributed by atoms with van der Waals surface area (Å²) in [6, 6.07) is 0.446. The molecule has 7 nitrogen and oxygen atoms in total. The second-order valence-corrected chi connectivity index (χ2v) is 9.17. The summed E-state index contributed by atoms with van der Waals surface area (Å²) in [7, 11) is 6.03. The van der Waals surface area contributed by atoms with Gasteiger partial charge in [0.2, 0.25) is 11.8 Å². The SMILES string of the molecule is CCC(CC)C(CNC(=NC)NCCCN1C(=O)C2C3C=CC(C3)C2C1=O)N(C)C.I. The van der Waals surface area contributed by atoms with E-state index in [-0.39, 0.29) is 59.5 Å². The number of nitrogens with one attached hydrogen (secondary N) is 2. The number of guanidine groups is 1. The van der Waals surface area contributed by atoms with Gasteiger partial charge in [-0.3, -0.25) is 19.5 Å². The molecule has 3 aliphatic rings. The lowest BCUT2D eigenvalue weighted by Gasteiger charge is -2.32. The molecule has 0 aromatic rings. The summed E-state index contributed by atoms with van der Waals surface area (Å²) in [5.74, 6) is 1.87. The minimum atomic E-state index is -0.0945. The highest BCUT2D eigenvalue weighted by Gasteiger charge is 2.58.